The Bertz CT molecular complexity index is 3800. The van der Waals surface area contributed by atoms with Crippen molar-refractivity contribution in [3.8, 4) is 62.1 Å². The van der Waals surface area contributed by atoms with Crippen LogP contribution in [0.2, 0.25) is 0 Å². The molecule has 0 fully saturated rings. The fourth-order valence-corrected chi connectivity index (χ4v) is 9.70. The monoisotopic (exact) mass is 830 g/mol. The predicted octanol–water partition coefficient (Wildman–Crippen LogP) is 16.1. The van der Waals surface area contributed by atoms with Crippen LogP contribution >= 0.6 is 0 Å². The molecule has 2 aromatic heterocycles. The summed E-state index contributed by atoms with van der Waals surface area (Å²) in [5.41, 5.74) is 14.8. The zero-order valence-electron chi connectivity index (χ0n) is 35.1. The van der Waals surface area contributed by atoms with Crippen LogP contribution in [0.15, 0.2) is 231 Å². The van der Waals surface area contributed by atoms with Gasteiger partial charge in [-0.15, -0.1) is 0 Å². The summed E-state index contributed by atoms with van der Waals surface area (Å²) < 4.78 is 8.90. The highest BCUT2D eigenvalue weighted by atomic mass is 16.5. The van der Waals surface area contributed by atoms with E-state index in [0.29, 0.717) is 5.82 Å². The SMILES string of the molecule is c1ccc(-c2ccc(-c3nc(-c4cccc(-n5c6ccc(-c7ccc8c(c7)N(c7ccccc7)c7ccccc7O8)cc6c6c7ccccc7ccc65)c4)nc4ccccc34)cc2)cc1. The van der Waals surface area contributed by atoms with E-state index in [1.165, 1.54) is 32.7 Å². The van der Waals surface area contributed by atoms with Crippen molar-refractivity contribution in [2.75, 3.05) is 4.90 Å². The average Bonchev–Trinajstić information content (AvgIpc) is 3.72. The molecule has 0 radical (unpaired) electrons. The van der Waals surface area contributed by atoms with Gasteiger partial charge in [0.1, 0.15) is 0 Å². The minimum absolute atomic E-state index is 0.685. The molecule has 0 saturated carbocycles. The van der Waals surface area contributed by atoms with E-state index in [2.05, 4.69) is 216 Å². The molecule has 5 heteroatoms. The molecule has 0 spiro atoms. The van der Waals surface area contributed by atoms with Gasteiger partial charge in [-0.25, -0.2) is 9.97 Å². The Labute approximate surface area is 375 Å². The predicted molar refractivity (Wildman–Crippen MR) is 268 cm³/mol. The van der Waals surface area contributed by atoms with Gasteiger partial charge in [-0.1, -0.05) is 158 Å². The number of benzene rings is 10. The number of para-hydroxylation sites is 4. The number of fused-ring (bicyclic) bond motifs is 8. The number of hydrogen-bond acceptors (Lipinski definition) is 4. The molecular formula is C60H38N4O. The second kappa shape index (κ2) is 14.9. The Balaban J connectivity index is 0.952. The molecule has 0 amide bonds. The lowest BCUT2D eigenvalue weighted by molar-refractivity contribution is 0.477. The van der Waals surface area contributed by atoms with E-state index in [9.17, 15) is 0 Å². The first-order chi connectivity index (χ1) is 32.2. The van der Waals surface area contributed by atoms with Gasteiger partial charge >= 0.3 is 0 Å². The second-order valence-corrected chi connectivity index (χ2v) is 16.6. The number of aromatic nitrogens is 3. The normalized spacial score (nSPS) is 12.1. The van der Waals surface area contributed by atoms with Gasteiger partial charge in [-0.3, -0.25) is 0 Å². The zero-order chi connectivity index (χ0) is 42.8. The Kier molecular flexibility index (Phi) is 8.46. The van der Waals surface area contributed by atoms with Gasteiger partial charge in [0.25, 0.3) is 0 Å². The van der Waals surface area contributed by atoms with E-state index >= 15 is 0 Å². The van der Waals surface area contributed by atoms with E-state index < -0.39 is 0 Å². The summed E-state index contributed by atoms with van der Waals surface area (Å²) in [7, 11) is 0. The lowest BCUT2D eigenvalue weighted by atomic mass is 9.99. The molecule has 0 bridgehead atoms. The Hall–Kier alpha value is -8.80. The first-order valence-electron chi connectivity index (χ1n) is 22.0. The fraction of sp³-hybridized carbons (Fsp3) is 0. The highest BCUT2D eigenvalue weighted by Gasteiger charge is 2.26. The summed E-state index contributed by atoms with van der Waals surface area (Å²) in [5, 5.41) is 5.84. The van der Waals surface area contributed by atoms with Crippen LogP contribution in [-0.2, 0) is 0 Å². The van der Waals surface area contributed by atoms with Gasteiger partial charge < -0.3 is 14.2 Å². The number of ether oxygens (including phenoxy) is 1. The summed E-state index contributed by atoms with van der Waals surface area (Å²) in [4.78, 5) is 12.8. The van der Waals surface area contributed by atoms with Crippen LogP contribution in [0.3, 0.4) is 0 Å². The molecule has 0 N–H and O–H groups in total. The third kappa shape index (κ3) is 6.16. The van der Waals surface area contributed by atoms with Crippen LogP contribution in [0, 0.1) is 0 Å². The van der Waals surface area contributed by atoms with Gasteiger partial charge in [0.15, 0.2) is 17.3 Å². The molecule has 65 heavy (non-hydrogen) atoms. The minimum atomic E-state index is 0.685. The van der Waals surface area contributed by atoms with Crippen LogP contribution in [0.5, 0.6) is 11.5 Å². The summed E-state index contributed by atoms with van der Waals surface area (Å²) in [6.07, 6.45) is 0. The Morgan fingerprint density at radius 3 is 1.86 bits per heavy atom. The molecule has 0 unspecified atom stereocenters. The molecule has 1 aliphatic rings. The standard InChI is InChI=1S/C60H38N4O/c1-3-14-39(15-4-1)40-26-28-42(29-27-40)59-49-22-9-10-23-51(49)61-60(62-59)45-17-13-20-47(36-45)64-52-33-31-43(37-50(52)58-48-21-8-7-16-41(48)30-34-54(58)64)44-32-35-57-55(38-44)63(46-18-5-2-6-19-46)53-24-11-12-25-56(53)65-57/h1-38H. The summed E-state index contributed by atoms with van der Waals surface area (Å²) in [5.74, 6) is 2.34. The second-order valence-electron chi connectivity index (χ2n) is 16.6. The number of nitrogens with zero attached hydrogens (tertiary/aromatic N) is 4. The lowest BCUT2D eigenvalue weighted by Crippen LogP contribution is -2.15. The highest BCUT2D eigenvalue weighted by Crippen LogP contribution is 2.51. The van der Waals surface area contributed by atoms with Crippen molar-refractivity contribution in [3.63, 3.8) is 0 Å². The smallest absolute Gasteiger partial charge is 0.160 e. The van der Waals surface area contributed by atoms with Crippen LogP contribution in [-0.4, -0.2) is 14.5 Å². The van der Waals surface area contributed by atoms with Crippen molar-refractivity contribution in [2.24, 2.45) is 0 Å². The van der Waals surface area contributed by atoms with Crippen molar-refractivity contribution >= 4 is 60.5 Å². The molecule has 304 valence electrons. The van der Waals surface area contributed by atoms with E-state index in [1.807, 2.05) is 24.3 Å². The van der Waals surface area contributed by atoms with Gasteiger partial charge in [-0.05, 0) is 106 Å². The zero-order valence-corrected chi connectivity index (χ0v) is 35.1. The maximum Gasteiger partial charge on any atom is 0.160 e. The molecule has 0 saturated heterocycles. The highest BCUT2D eigenvalue weighted by molar-refractivity contribution is 6.22. The minimum Gasteiger partial charge on any atom is -0.453 e. The molecule has 5 nitrogen and oxygen atoms in total. The quantitative estimate of drug-likeness (QED) is 0.167. The average molecular weight is 831 g/mol. The Morgan fingerprint density at radius 2 is 0.985 bits per heavy atom. The van der Waals surface area contributed by atoms with Gasteiger partial charge in [-0.2, -0.15) is 0 Å². The molecule has 13 rings (SSSR count). The summed E-state index contributed by atoms with van der Waals surface area (Å²) >= 11 is 0. The first-order valence-corrected chi connectivity index (χ1v) is 22.0. The van der Waals surface area contributed by atoms with E-state index in [-0.39, 0.29) is 0 Å². The summed E-state index contributed by atoms with van der Waals surface area (Å²) in [6, 6.07) is 81.5. The van der Waals surface area contributed by atoms with Crippen molar-refractivity contribution in [1.82, 2.24) is 14.5 Å². The molecule has 0 atom stereocenters. The number of anilines is 3. The van der Waals surface area contributed by atoms with Crippen LogP contribution in [0.25, 0.3) is 94.1 Å². The topological polar surface area (TPSA) is 43.2 Å². The van der Waals surface area contributed by atoms with Crippen LogP contribution < -0.4 is 9.64 Å². The van der Waals surface area contributed by atoms with Gasteiger partial charge in [0.05, 0.1) is 33.6 Å². The molecule has 3 heterocycles. The molecule has 1 aliphatic heterocycles. The van der Waals surface area contributed by atoms with Crippen molar-refractivity contribution < 1.29 is 4.74 Å². The maximum absolute atomic E-state index is 6.51. The molecule has 0 aliphatic carbocycles. The third-order valence-electron chi connectivity index (χ3n) is 12.8. The lowest BCUT2D eigenvalue weighted by Gasteiger charge is -2.33. The van der Waals surface area contributed by atoms with Gasteiger partial charge in [0, 0.05) is 38.7 Å². The molecular weight excluding hydrogens is 793 g/mol. The largest absolute Gasteiger partial charge is 0.453 e. The van der Waals surface area contributed by atoms with Crippen molar-refractivity contribution in [1.29, 1.82) is 0 Å². The van der Waals surface area contributed by atoms with Crippen LogP contribution in [0.1, 0.15) is 0 Å². The molecule has 12 aromatic rings. The van der Waals surface area contributed by atoms with E-state index in [0.717, 1.165) is 84.1 Å². The van der Waals surface area contributed by atoms with E-state index in [4.69, 9.17) is 14.7 Å². The Morgan fingerprint density at radius 1 is 0.354 bits per heavy atom. The number of hydrogen-bond donors (Lipinski definition) is 0. The molecule has 10 aromatic carbocycles. The van der Waals surface area contributed by atoms with Crippen LogP contribution in [0.4, 0.5) is 17.1 Å². The summed E-state index contributed by atoms with van der Waals surface area (Å²) in [6.45, 7) is 0. The van der Waals surface area contributed by atoms with Crippen molar-refractivity contribution in [3.05, 3.63) is 231 Å². The maximum atomic E-state index is 6.51. The fourth-order valence-electron chi connectivity index (χ4n) is 9.70. The van der Waals surface area contributed by atoms with Crippen molar-refractivity contribution in [2.45, 2.75) is 0 Å². The third-order valence-corrected chi connectivity index (χ3v) is 12.8. The van der Waals surface area contributed by atoms with Gasteiger partial charge in [0.2, 0.25) is 0 Å². The number of rotatable bonds is 6. The first kappa shape index (κ1) is 36.8. The van der Waals surface area contributed by atoms with E-state index in [1.54, 1.807) is 0 Å².